The molecule has 0 saturated heterocycles. The number of methoxy groups -OCH3 is 1. The molecular weight excluding hydrogens is 570 g/mol. The lowest BCUT2D eigenvalue weighted by Gasteiger charge is -2.21. The van der Waals surface area contributed by atoms with Crippen LogP contribution in [-0.4, -0.2) is 60.9 Å². The molecule has 0 spiro atoms. The number of fused-ring (bicyclic) bond motifs is 3. The first-order chi connectivity index (χ1) is 20.6. The maximum atomic E-state index is 13.9. The van der Waals surface area contributed by atoms with Gasteiger partial charge in [0.25, 0.3) is 5.91 Å². The van der Waals surface area contributed by atoms with E-state index in [9.17, 15) is 13.2 Å². The van der Waals surface area contributed by atoms with Gasteiger partial charge in [0, 0.05) is 26.8 Å². The van der Waals surface area contributed by atoms with E-state index in [1.54, 1.807) is 18.2 Å². The van der Waals surface area contributed by atoms with Gasteiger partial charge in [-0.3, -0.25) is 4.79 Å². The van der Waals surface area contributed by atoms with E-state index in [1.165, 1.54) is 31.1 Å². The zero-order valence-corrected chi connectivity index (χ0v) is 24.8. The largest absolute Gasteiger partial charge is 0.454 e. The van der Waals surface area contributed by atoms with Crippen LogP contribution in [0.1, 0.15) is 21.5 Å². The molecule has 0 unspecified atom stereocenters. The number of aryl methyl sites for hydroxylation is 2. The Morgan fingerprint density at radius 1 is 0.907 bits per heavy atom. The van der Waals surface area contributed by atoms with E-state index in [0.29, 0.717) is 33.9 Å². The lowest BCUT2D eigenvalue weighted by molar-refractivity contribution is 0.102. The molecule has 0 fully saturated rings. The first-order valence-electron chi connectivity index (χ1n) is 13.5. The average molecular weight is 600 g/mol. The Morgan fingerprint density at radius 3 is 2.33 bits per heavy atom. The van der Waals surface area contributed by atoms with Gasteiger partial charge in [0.1, 0.15) is 27.4 Å². The normalized spacial score (nSPS) is 12.8. The Balaban J connectivity index is 1.51. The third kappa shape index (κ3) is 5.43. The van der Waals surface area contributed by atoms with Gasteiger partial charge in [0.15, 0.2) is 17.2 Å². The third-order valence-corrected chi connectivity index (χ3v) is 8.91. The van der Waals surface area contributed by atoms with Crippen LogP contribution in [0, 0.1) is 13.8 Å². The molecule has 5 aromatic rings. The number of sulfonamides is 1. The van der Waals surface area contributed by atoms with Crippen molar-refractivity contribution >= 4 is 32.7 Å². The Morgan fingerprint density at radius 2 is 1.60 bits per heavy atom. The predicted molar refractivity (Wildman–Crippen MR) is 161 cm³/mol. The zero-order chi connectivity index (χ0) is 30.3. The molecule has 0 radical (unpaired) electrons. The van der Waals surface area contributed by atoms with Crippen molar-refractivity contribution in [1.29, 1.82) is 0 Å². The summed E-state index contributed by atoms with van der Waals surface area (Å²) in [6.45, 7) is 4.08. The zero-order valence-electron chi connectivity index (χ0n) is 24.0. The molecule has 1 aliphatic rings. The summed E-state index contributed by atoms with van der Waals surface area (Å²) in [4.78, 5) is 14.6. The highest BCUT2D eigenvalue weighted by atomic mass is 32.2. The molecule has 0 aliphatic carbocycles. The van der Waals surface area contributed by atoms with Gasteiger partial charge in [-0.05, 0) is 67.4 Å². The summed E-state index contributed by atoms with van der Waals surface area (Å²) in [5, 5.41) is 12.0. The highest BCUT2D eigenvalue weighted by molar-refractivity contribution is 7.89. The van der Waals surface area contributed by atoms with E-state index < -0.39 is 15.9 Å². The minimum absolute atomic E-state index is 0.0341. The number of hydrogen-bond acceptors (Lipinski definition) is 8. The lowest BCUT2D eigenvalue weighted by atomic mass is 10.1. The first-order valence-corrected chi connectivity index (χ1v) is 14.9. The van der Waals surface area contributed by atoms with Gasteiger partial charge < -0.3 is 19.5 Å². The summed E-state index contributed by atoms with van der Waals surface area (Å²) in [5.41, 5.74) is 4.25. The van der Waals surface area contributed by atoms with E-state index in [1.807, 2.05) is 56.3 Å². The molecule has 220 valence electrons. The van der Waals surface area contributed by atoms with E-state index in [4.69, 9.17) is 14.2 Å². The summed E-state index contributed by atoms with van der Waals surface area (Å²) in [5.74, 6) is 0.319. The third-order valence-electron chi connectivity index (χ3n) is 7.03. The second-order valence-electron chi connectivity index (χ2n) is 10.2. The van der Waals surface area contributed by atoms with Crippen molar-refractivity contribution < 1.29 is 27.4 Å². The number of rotatable bonds is 8. The van der Waals surface area contributed by atoms with Crippen molar-refractivity contribution in [3.05, 3.63) is 89.5 Å². The minimum Gasteiger partial charge on any atom is -0.454 e. The second-order valence-corrected chi connectivity index (χ2v) is 12.2. The molecule has 1 amide bonds. The fraction of sp³-hybridized carbons (Fsp3) is 0.194. The van der Waals surface area contributed by atoms with Crippen LogP contribution in [-0.2, 0) is 14.8 Å². The summed E-state index contributed by atoms with van der Waals surface area (Å²) >= 11 is 0. The molecule has 0 atom stereocenters. The van der Waals surface area contributed by atoms with E-state index in [-0.39, 0.29) is 35.1 Å². The van der Waals surface area contributed by atoms with Crippen LogP contribution in [0.15, 0.2) is 77.7 Å². The molecular formula is C31H29N5O6S. The number of aromatic nitrogens is 3. The number of nitrogens with zero attached hydrogens (tertiary/aromatic N) is 4. The average Bonchev–Trinajstić information content (AvgIpc) is 3.36. The van der Waals surface area contributed by atoms with Crippen molar-refractivity contribution in [2.24, 2.45) is 0 Å². The second kappa shape index (κ2) is 11.1. The van der Waals surface area contributed by atoms with Gasteiger partial charge in [-0.1, -0.05) is 24.3 Å². The predicted octanol–water partition coefficient (Wildman–Crippen LogP) is 5.45. The standard InChI is InChI=1S/C31H29N5O6S/c1-19-9-11-26-24(15-19)32-31(37)21-17-30(43(38,39)35(3)13-14-40-4)29(18-28(21)41-26)42-27-12-10-20(2)16-25(27)36-33-22-7-5-6-8-23(22)34-36/h5-12,15-18H,13-14H2,1-4H3,(H,32,37). The van der Waals surface area contributed by atoms with Gasteiger partial charge in [-0.15, -0.1) is 15.0 Å². The quantitative estimate of drug-likeness (QED) is 0.250. The molecule has 12 heteroatoms. The van der Waals surface area contributed by atoms with Crippen LogP contribution >= 0.6 is 0 Å². The molecule has 43 heavy (non-hydrogen) atoms. The van der Waals surface area contributed by atoms with Gasteiger partial charge in [-0.2, -0.15) is 4.31 Å². The maximum absolute atomic E-state index is 13.9. The van der Waals surface area contributed by atoms with Crippen LogP contribution in [0.3, 0.4) is 0 Å². The number of ether oxygens (including phenoxy) is 3. The number of nitrogens with one attached hydrogen (secondary N) is 1. The Hall–Kier alpha value is -4.78. The summed E-state index contributed by atoms with van der Waals surface area (Å²) < 4.78 is 46.6. The maximum Gasteiger partial charge on any atom is 0.259 e. The number of hydrogen-bond donors (Lipinski definition) is 1. The number of carbonyl (C=O) groups is 1. The molecule has 0 saturated carbocycles. The number of likely N-dealkylation sites (N-methyl/N-ethyl adjacent to an activating group) is 1. The van der Waals surface area contributed by atoms with Crippen molar-refractivity contribution in [2.75, 3.05) is 32.6 Å². The Bertz CT molecular complexity index is 1960. The van der Waals surface area contributed by atoms with Crippen LogP contribution in [0.25, 0.3) is 16.7 Å². The van der Waals surface area contributed by atoms with Crippen LogP contribution in [0.4, 0.5) is 5.69 Å². The van der Waals surface area contributed by atoms with Crippen molar-refractivity contribution in [3.63, 3.8) is 0 Å². The van der Waals surface area contributed by atoms with Crippen LogP contribution in [0.2, 0.25) is 0 Å². The molecule has 1 aliphatic heterocycles. The Labute approximate surface area is 248 Å². The SMILES string of the molecule is COCCN(C)S(=O)(=O)c1cc2c(cc1Oc1ccc(C)cc1-n1nc3ccccc3n1)Oc1ccc(C)cc1NC2=O. The molecule has 4 aromatic carbocycles. The topological polar surface area (TPSA) is 125 Å². The number of anilines is 1. The highest BCUT2D eigenvalue weighted by Gasteiger charge is 2.31. The van der Waals surface area contributed by atoms with Gasteiger partial charge in [-0.25, -0.2) is 8.42 Å². The number of benzene rings is 4. The molecule has 1 aromatic heterocycles. The Kier molecular flexibility index (Phi) is 7.34. The fourth-order valence-electron chi connectivity index (χ4n) is 4.69. The van der Waals surface area contributed by atoms with E-state index >= 15 is 0 Å². The van der Waals surface area contributed by atoms with Gasteiger partial charge in [0.05, 0.1) is 17.9 Å². The first kappa shape index (κ1) is 28.3. The molecule has 2 heterocycles. The smallest absolute Gasteiger partial charge is 0.259 e. The van der Waals surface area contributed by atoms with E-state index in [2.05, 4.69) is 15.5 Å². The molecule has 11 nitrogen and oxygen atoms in total. The van der Waals surface area contributed by atoms with E-state index in [0.717, 1.165) is 15.4 Å². The van der Waals surface area contributed by atoms with Crippen LogP contribution in [0.5, 0.6) is 23.0 Å². The summed E-state index contributed by atoms with van der Waals surface area (Å²) in [7, 11) is -1.23. The summed E-state index contributed by atoms with van der Waals surface area (Å²) in [6, 6.07) is 21.0. The number of amides is 1. The molecule has 6 rings (SSSR count). The lowest BCUT2D eigenvalue weighted by Crippen LogP contribution is -2.30. The number of carbonyl (C=O) groups excluding carboxylic acids is 1. The van der Waals surface area contributed by atoms with Crippen molar-refractivity contribution in [2.45, 2.75) is 18.7 Å². The van der Waals surface area contributed by atoms with Gasteiger partial charge >= 0.3 is 0 Å². The molecule has 0 bridgehead atoms. The van der Waals surface area contributed by atoms with Crippen molar-refractivity contribution in [1.82, 2.24) is 19.3 Å². The minimum atomic E-state index is -4.16. The summed E-state index contributed by atoms with van der Waals surface area (Å²) in [6.07, 6.45) is 0. The molecule has 1 N–H and O–H groups in total. The van der Waals surface area contributed by atoms with Crippen molar-refractivity contribution in [3.8, 4) is 28.7 Å². The van der Waals surface area contributed by atoms with Crippen LogP contribution < -0.4 is 14.8 Å². The van der Waals surface area contributed by atoms with Gasteiger partial charge in [0.2, 0.25) is 10.0 Å². The monoisotopic (exact) mass is 599 g/mol. The highest BCUT2D eigenvalue weighted by Crippen LogP contribution is 2.43. The fourth-order valence-corrected chi connectivity index (χ4v) is 5.96.